The number of ether oxygens (including phenoxy) is 2. The van der Waals surface area contributed by atoms with Gasteiger partial charge in [-0.05, 0) is 54.8 Å². The summed E-state index contributed by atoms with van der Waals surface area (Å²) in [5, 5.41) is 11.9. The van der Waals surface area contributed by atoms with Gasteiger partial charge in [0, 0.05) is 6.54 Å². The van der Waals surface area contributed by atoms with Crippen molar-refractivity contribution >= 4 is 12.0 Å². The maximum Gasteiger partial charge on any atom is 0.416 e. The minimum absolute atomic E-state index is 0.0477. The Bertz CT molecular complexity index is 979. The minimum atomic E-state index is -4.43. The molecule has 0 aliphatic carbocycles. The Balaban J connectivity index is 2.21. The first-order chi connectivity index (χ1) is 14.8. The van der Waals surface area contributed by atoms with Crippen LogP contribution in [0.4, 0.5) is 13.2 Å². The summed E-state index contributed by atoms with van der Waals surface area (Å²) in [4.78, 5) is 12.0. The summed E-state index contributed by atoms with van der Waals surface area (Å²) >= 11 is 0. The zero-order chi connectivity index (χ0) is 22.9. The lowest BCUT2D eigenvalue weighted by Crippen LogP contribution is -2.25. The molecular formula is C23H23F3N2O3. The molecule has 0 radical (unpaired) electrons. The summed E-state index contributed by atoms with van der Waals surface area (Å²) in [6.07, 6.45) is -2.25. The minimum Gasteiger partial charge on any atom is -0.490 e. The molecular weight excluding hydrogens is 409 g/mol. The van der Waals surface area contributed by atoms with Gasteiger partial charge in [0.05, 0.1) is 12.2 Å². The number of nitrogens with zero attached hydrogens (tertiary/aromatic N) is 1. The summed E-state index contributed by atoms with van der Waals surface area (Å²) in [6.45, 7) is 4.39. The smallest absolute Gasteiger partial charge is 0.416 e. The Morgan fingerprint density at radius 2 is 1.90 bits per heavy atom. The van der Waals surface area contributed by atoms with Crippen molar-refractivity contribution in [3.8, 4) is 17.6 Å². The lowest BCUT2D eigenvalue weighted by molar-refractivity contribution is -0.137. The highest BCUT2D eigenvalue weighted by molar-refractivity contribution is 6.01. The van der Waals surface area contributed by atoms with Crippen molar-refractivity contribution in [2.75, 3.05) is 13.2 Å². The van der Waals surface area contributed by atoms with E-state index in [4.69, 9.17) is 9.47 Å². The lowest BCUT2D eigenvalue weighted by Gasteiger charge is -2.14. The number of rotatable bonds is 9. The van der Waals surface area contributed by atoms with Crippen LogP contribution in [0.15, 0.2) is 48.0 Å². The molecule has 0 saturated heterocycles. The van der Waals surface area contributed by atoms with E-state index in [1.165, 1.54) is 12.1 Å². The number of carbonyl (C=O) groups excluding carboxylic acids is 1. The van der Waals surface area contributed by atoms with Crippen molar-refractivity contribution in [1.82, 2.24) is 5.32 Å². The van der Waals surface area contributed by atoms with Crippen LogP contribution in [-0.4, -0.2) is 19.1 Å². The van der Waals surface area contributed by atoms with Gasteiger partial charge in [-0.25, -0.2) is 0 Å². The van der Waals surface area contributed by atoms with Gasteiger partial charge in [0.2, 0.25) is 0 Å². The van der Waals surface area contributed by atoms with E-state index in [9.17, 15) is 23.2 Å². The standard InChI is InChI=1S/C23H23F3N2O3/c1-3-10-28-22(29)18(14-27)11-16-8-9-20(21(13-16)30-4-2)31-15-17-6-5-7-19(12-17)23(24,25)26/h5-9,11-13H,3-4,10,15H2,1-2H3,(H,28,29). The number of nitrogens with one attached hydrogen (secondary N) is 1. The van der Waals surface area contributed by atoms with E-state index in [1.807, 2.05) is 13.0 Å². The van der Waals surface area contributed by atoms with E-state index in [0.29, 0.717) is 35.8 Å². The highest BCUT2D eigenvalue weighted by Crippen LogP contribution is 2.32. The van der Waals surface area contributed by atoms with Gasteiger partial charge in [-0.1, -0.05) is 25.1 Å². The molecule has 0 spiro atoms. The number of benzene rings is 2. The van der Waals surface area contributed by atoms with Crippen molar-refractivity contribution in [3.05, 3.63) is 64.7 Å². The maximum absolute atomic E-state index is 12.9. The highest BCUT2D eigenvalue weighted by Gasteiger charge is 2.30. The molecule has 31 heavy (non-hydrogen) atoms. The predicted octanol–water partition coefficient (Wildman–Crippen LogP) is 5.12. The Kier molecular flexibility index (Phi) is 8.50. The average molecular weight is 432 g/mol. The molecule has 5 nitrogen and oxygen atoms in total. The van der Waals surface area contributed by atoms with Crippen molar-refractivity contribution in [1.29, 1.82) is 5.26 Å². The van der Waals surface area contributed by atoms with Gasteiger partial charge in [-0.15, -0.1) is 0 Å². The quantitative estimate of drug-likeness (QED) is 0.441. The van der Waals surface area contributed by atoms with Gasteiger partial charge in [-0.3, -0.25) is 4.79 Å². The first-order valence-electron chi connectivity index (χ1n) is 9.74. The molecule has 8 heteroatoms. The highest BCUT2D eigenvalue weighted by atomic mass is 19.4. The molecule has 0 aromatic heterocycles. The van der Waals surface area contributed by atoms with Crippen molar-refractivity contribution in [2.45, 2.75) is 33.1 Å². The van der Waals surface area contributed by atoms with Crippen LogP contribution in [0, 0.1) is 11.3 Å². The van der Waals surface area contributed by atoms with E-state index < -0.39 is 17.6 Å². The van der Waals surface area contributed by atoms with Crippen molar-refractivity contribution in [3.63, 3.8) is 0 Å². The Morgan fingerprint density at radius 3 is 2.55 bits per heavy atom. The molecule has 0 unspecified atom stereocenters. The first-order valence-corrected chi connectivity index (χ1v) is 9.74. The van der Waals surface area contributed by atoms with E-state index in [2.05, 4.69) is 5.32 Å². The van der Waals surface area contributed by atoms with Crippen LogP contribution >= 0.6 is 0 Å². The third-order valence-corrected chi connectivity index (χ3v) is 4.13. The fourth-order valence-corrected chi connectivity index (χ4v) is 2.65. The molecule has 0 heterocycles. The normalized spacial score (nSPS) is 11.5. The molecule has 0 aliphatic heterocycles. The number of carbonyl (C=O) groups is 1. The third kappa shape index (κ3) is 7.07. The Hall–Kier alpha value is -3.47. The number of amides is 1. The third-order valence-electron chi connectivity index (χ3n) is 4.13. The zero-order valence-corrected chi connectivity index (χ0v) is 17.3. The van der Waals surface area contributed by atoms with Gasteiger partial charge in [0.15, 0.2) is 11.5 Å². The van der Waals surface area contributed by atoms with Gasteiger partial charge in [-0.2, -0.15) is 18.4 Å². The molecule has 2 aromatic carbocycles. The largest absolute Gasteiger partial charge is 0.490 e. The molecule has 0 bridgehead atoms. The van der Waals surface area contributed by atoms with Crippen LogP contribution in [-0.2, 0) is 17.6 Å². The molecule has 1 amide bonds. The summed E-state index contributed by atoms with van der Waals surface area (Å²) in [5.41, 5.74) is 0.122. The fraction of sp³-hybridized carbons (Fsp3) is 0.304. The molecule has 2 rings (SSSR count). The first kappa shape index (κ1) is 23.8. The van der Waals surface area contributed by atoms with Crippen molar-refractivity contribution in [2.24, 2.45) is 0 Å². The number of hydrogen-bond acceptors (Lipinski definition) is 4. The second-order valence-corrected chi connectivity index (χ2v) is 6.55. The Morgan fingerprint density at radius 1 is 1.13 bits per heavy atom. The average Bonchev–Trinajstić information content (AvgIpc) is 2.75. The summed E-state index contributed by atoms with van der Waals surface area (Å²) < 4.78 is 49.9. The molecule has 0 fully saturated rings. The zero-order valence-electron chi connectivity index (χ0n) is 17.3. The van der Waals surface area contributed by atoms with Gasteiger partial charge in [0.25, 0.3) is 5.91 Å². The molecule has 0 saturated carbocycles. The number of nitriles is 1. The second kappa shape index (κ2) is 11.1. The maximum atomic E-state index is 12.9. The summed E-state index contributed by atoms with van der Waals surface area (Å²) in [6, 6.07) is 11.6. The van der Waals surface area contributed by atoms with Crippen LogP contribution in [0.3, 0.4) is 0 Å². The molecule has 1 N–H and O–H groups in total. The number of halogens is 3. The van der Waals surface area contributed by atoms with E-state index in [-0.39, 0.29) is 12.2 Å². The summed E-state index contributed by atoms with van der Waals surface area (Å²) in [7, 11) is 0. The van der Waals surface area contributed by atoms with E-state index in [1.54, 1.807) is 31.2 Å². The van der Waals surface area contributed by atoms with Crippen molar-refractivity contribution < 1.29 is 27.4 Å². The van der Waals surface area contributed by atoms with Gasteiger partial charge < -0.3 is 14.8 Å². The molecule has 0 aliphatic rings. The SMILES string of the molecule is CCCNC(=O)C(C#N)=Cc1ccc(OCc2cccc(C(F)(F)F)c2)c(OCC)c1. The predicted molar refractivity (Wildman–Crippen MR) is 110 cm³/mol. The van der Waals surface area contributed by atoms with Crippen LogP contribution in [0.1, 0.15) is 37.0 Å². The van der Waals surface area contributed by atoms with E-state index >= 15 is 0 Å². The van der Waals surface area contributed by atoms with Gasteiger partial charge in [0.1, 0.15) is 18.2 Å². The summed E-state index contributed by atoms with van der Waals surface area (Å²) in [5.74, 6) is 0.229. The van der Waals surface area contributed by atoms with Gasteiger partial charge >= 0.3 is 6.18 Å². The molecule has 164 valence electrons. The fourth-order valence-electron chi connectivity index (χ4n) is 2.65. The topological polar surface area (TPSA) is 71.4 Å². The second-order valence-electron chi connectivity index (χ2n) is 6.55. The number of hydrogen-bond donors (Lipinski definition) is 1. The monoisotopic (exact) mass is 432 g/mol. The van der Waals surface area contributed by atoms with Crippen LogP contribution in [0.5, 0.6) is 11.5 Å². The Labute approximate surface area is 179 Å². The van der Waals surface area contributed by atoms with E-state index in [0.717, 1.165) is 18.6 Å². The van der Waals surface area contributed by atoms with Crippen LogP contribution in [0.2, 0.25) is 0 Å². The lowest BCUT2D eigenvalue weighted by atomic mass is 10.1. The molecule has 0 atom stereocenters. The van der Waals surface area contributed by atoms with Crippen LogP contribution < -0.4 is 14.8 Å². The molecule has 2 aromatic rings. The van der Waals surface area contributed by atoms with Crippen LogP contribution in [0.25, 0.3) is 6.08 Å². The number of alkyl halides is 3.